The van der Waals surface area contributed by atoms with Crippen LogP contribution in [-0.2, 0) is 0 Å². The van der Waals surface area contributed by atoms with Gasteiger partial charge in [0.05, 0.1) is 11.3 Å². The van der Waals surface area contributed by atoms with Crippen molar-refractivity contribution in [2.24, 2.45) is 5.92 Å². The van der Waals surface area contributed by atoms with Crippen LogP contribution < -0.4 is 15.4 Å². The van der Waals surface area contributed by atoms with E-state index in [0.717, 1.165) is 25.1 Å². The Morgan fingerprint density at radius 1 is 1.55 bits per heavy atom. The zero-order valence-electron chi connectivity index (χ0n) is 11.8. The molecule has 1 aromatic carbocycles. The number of carbonyl (C=O) groups excluding carboxylic acids is 1. The van der Waals surface area contributed by atoms with Crippen LogP contribution in [-0.4, -0.2) is 37.3 Å². The van der Waals surface area contributed by atoms with Gasteiger partial charge in [0.25, 0.3) is 5.91 Å². The predicted octanol–water partition coefficient (Wildman–Crippen LogP) is 1.63. The molecular weight excluding hydrogens is 256 g/mol. The fraction of sp³-hybridized carbons (Fsp3) is 0.533. The second kappa shape index (κ2) is 7.14. The Hall–Kier alpha value is -1.75. The summed E-state index contributed by atoms with van der Waals surface area (Å²) in [5.74, 6) is 0.811. The van der Waals surface area contributed by atoms with Gasteiger partial charge in [0.1, 0.15) is 6.61 Å². The highest BCUT2D eigenvalue weighted by Crippen LogP contribution is 2.30. The summed E-state index contributed by atoms with van der Waals surface area (Å²) in [4.78, 5) is 12.2. The maximum absolute atomic E-state index is 12.2. The number of fused-ring (bicyclic) bond motifs is 1. The van der Waals surface area contributed by atoms with Crippen LogP contribution in [0.5, 0.6) is 5.75 Å². The molecule has 5 nitrogen and oxygen atoms in total. The van der Waals surface area contributed by atoms with Gasteiger partial charge in [-0.1, -0.05) is 13.0 Å². The number of benzene rings is 1. The van der Waals surface area contributed by atoms with Crippen molar-refractivity contribution in [1.29, 1.82) is 0 Å². The third-order valence-corrected chi connectivity index (χ3v) is 3.39. The molecule has 110 valence electrons. The van der Waals surface area contributed by atoms with Crippen molar-refractivity contribution >= 4 is 11.6 Å². The molecule has 1 unspecified atom stereocenters. The van der Waals surface area contributed by atoms with Crippen molar-refractivity contribution in [2.45, 2.75) is 19.8 Å². The van der Waals surface area contributed by atoms with Gasteiger partial charge in [-0.3, -0.25) is 4.79 Å². The van der Waals surface area contributed by atoms with Crippen molar-refractivity contribution in [3.05, 3.63) is 23.8 Å². The smallest absolute Gasteiger partial charge is 0.255 e. The van der Waals surface area contributed by atoms with Gasteiger partial charge >= 0.3 is 0 Å². The molecule has 0 bridgehead atoms. The van der Waals surface area contributed by atoms with Gasteiger partial charge in [-0.05, 0) is 30.9 Å². The lowest BCUT2D eigenvalue weighted by Crippen LogP contribution is -2.27. The Balaban J connectivity index is 1.90. The summed E-state index contributed by atoms with van der Waals surface area (Å²) in [5.41, 5.74) is 1.45. The summed E-state index contributed by atoms with van der Waals surface area (Å²) in [6.07, 6.45) is 1.77. The SMILES string of the molecule is CC(CO)CCCNC(=O)c1cccc2c1OCCN2. The van der Waals surface area contributed by atoms with E-state index in [0.29, 0.717) is 24.5 Å². The number of carbonyl (C=O) groups is 1. The zero-order valence-corrected chi connectivity index (χ0v) is 11.8. The summed E-state index contributed by atoms with van der Waals surface area (Å²) in [6.45, 7) is 4.14. The first-order valence-corrected chi connectivity index (χ1v) is 7.11. The lowest BCUT2D eigenvalue weighted by molar-refractivity contribution is 0.0948. The summed E-state index contributed by atoms with van der Waals surface area (Å²) < 4.78 is 5.58. The van der Waals surface area contributed by atoms with E-state index in [4.69, 9.17) is 9.84 Å². The molecule has 0 aliphatic carbocycles. The summed E-state index contributed by atoms with van der Waals surface area (Å²) in [7, 11) is 0. The summed E-state index contributed by atoms with van der Waals surface area (Å²) in [5, 5.41) is 15.1. The first kappa shape index (κ1) is 14.7. The number of aliphatic hydroxyl groups excluding tert-OH is 1. The standard InChI is InChI=1S/C15H22N2O3/c1-11(10-18)4-3-7-17-15(19)12-5-2-6-13-14(12)20-9-8-16-13/h2,5-6,11,16,18H,3-4,7-10H2,1H3,(H,17,19). The third-order valence-electron chi connectivity index (χ3n) is 3.39. The molecule has 0 saturated heterocycles. The molecule has 1 atom stereocenters. The molecule has 1 aromatic rings. The Bertz CT molecular complexity index is 462. The molecule has 0 saturated carbocycles. The summed E-state index contributed by atoms with van der Waals surface area (Å²) in [6, 6.07) is 5.54. The number of aliphatic hydroxyl groups is 1. The minimum Gasteiger partial charge on any atom is -0.489 e. The molecule has 1 heterocycles. The highest BCUT2D eigenvalue weighted by molar-refractivity contribution is 5.98. The monoisotopic (exact) mass is 278 g/mol. The molecular formula is C15H22N2O3. The van der Waals surface area contributed by atoms with Crippen molar-refractivity contribution in [1.82, 2.24) is 5.32 Å². The Labute approximate surface area is 119 Å². The van der Waals surface area contributed by atoms with Gasteiger partial charge in [-0.25, -0.2) is 0 Å². The van der Waals surface area contributed by atoms with Crippen LogP contribution in [0.3, 0.4) is 0 Å². The van der Waals surface area contributed by atoms with Gasteiger partial charge in [-0.2, -0.15) is 0 Å². The molecule has 2 rings (SSSR count). The van der Waals surface area contributed by atoms with E-state index < -0.39 is 0 Å². The van der Waals surface area contributed by atoms with Crippen molar-refractivity contribution in [3.63, 3.8) is 0 Å². The van der Waals surface area contributed by atoms with E-state index in [9.17, 15) is 4.79 Å². The van der Waals surface area contributed by atoms with Crippen molar-refractivity contribution < 1.29 is 14.6 Å². The lowest BCUT2D eigenvalue weighted by atomic mass is 10.1. The number of nitrogens with one attached hydrogen (secondary N) is 2. The maximum Gasteiger partial charge on any atom is 0.255 e. The Morgan fingerprint density at radius 2 is 2.40 bits per heavy atom. The number of hydrogen-bond acceptors (Lipinski definition) is 4. The number of ether oxygens (including phenoxy) is 1. The van der Waals surface area contributed by atoms with Crippen LogP contribution in [0.1, 0.15) is 30.1 Å². The number of rotatable bonds is 6. The quantitative estimate of drug-likeness (QED) is 0.692. The molecule has 20 heavy (non-hydrogen) atoms. The molecule has 0 fully saturated rings. The fourth-order valence-corrected chi connectivity index (χ4v) is 2.19. The van der Waals surface area contributed by atoms with Gasteiger partial charge in [0.15, 0.2) is 5.75 Å². The lowest BCUT2D eigenvalue weighted by Gasteiger charge is -2.21. The topological polar surface area (TPSA) is 70.6 Å². The van der Waals surface area contributed by atoms with E-state index in [1.165, 1.54) is 0 Å². The van der Waals surface area contributed by atoms with Crippen LogP contribution >= 0.6 is 0 Å². The van der Waals surface area contributed by atoms with Gasteiger partial charge in [0.2, 0.25) is 0 Å². The Kier molecular flexibility index (Phi) is 5.24. The van der Waals surface area contributed by atoms with Crippen LogP contribution in [0.2, 0.25) is 0 Å². The van der Waals surface area contributed by atoms with E-state index >= 15 is 0 Å². The highest BCUT2D eigenvalue weighted by Gasteiger charge is 2.18. The van der Waals surface area contributed by atoms with Crippen LogP contribution in [0, 0.1) is 5.92 Å². The molecule has 0 radical (unpaired) electrons. The van der Waals surface area contributed by atoms with Crippen LogP contribution in [0.25, 0.3) is 0 Å². The summed E-state index contributed by atoms with van der Waals surface area (Å²) >= 11 is 0. The van der Waals surface area contributed by atoms with Gasteiger partial charge < -0.3 is 20.5 Å². The van der Waals surface area contributed by atoms with Gasteiger partial charge in [0, 0.05) is 19.7 Å². The molecule has 5 heteroatoms. The minimum absolute atomic E-state index is 0.109. The first-order valence-electron chi connectivity index (χ1n) is 7.11. The number of anilines is 1. The largest absolute Gasteiger partial charge is 0.489 e. The number of para-hydroxylation sites is 1. The molecule has 1 aliphatic rings. The van der Waals surface area contributed by atoms with Crippen molar-refractivity contribution in [2.75, 3.05) is 31.6 Å². The minimum atomic E-state index is -0.109. The molecule has 3 N–H and O–H groups in total. The van der Waals surface area contributed by atoms with Crippen LogP contribution in [0.4, 0.5) is 5.69 Å². The van der Waals surface area contributed by atoms with Crippen molar-refractivity contribution in [3.8, 4) is 5.75 Å². The first-order chi connectivity index (χ1) is 9.72. The molecule has 0 spiro atoms. The third kappa shape index (κ3) is 3.63. The predicted molar refractivity (Wildman–Crippen MR) is 78.2 cm³/mol. The zero-order chi connectivity index (χ0) is 14.4. The molecule has 1 aliphatic heterocycles. The highest BCUT2D eigenvalue weighted by atomic mass is 16.5. The second-order valence-corrected chi connectivity index (χ2v) is 5.14. The molecule has 0 aromatic heterocycles. The Morgan fingerprint density at radius 3 is 3.20 bits per heavy atom. The average molecular weight is 278 g/mol. The number of hydrogen-bond donors (Lipinski definition) is 3. The van der Waals surface area contributed by atoms with Gasteiger partial charge in [-0.15, -0.1) is 0 Å². The van der Waals surface area contributed by atoms with Crippen LogP contribution in [0.15, 0.2) is 18.2 Å². The average Bonchev–Trinajstić information content (AvgIpc) is 2.50. The van der Waals surface area contributed by atoms with E-state index in [1.807, 2.05) is 19.1 Å². The van der Waals surface area contributed by atoms with E-state index in [2.05, 4.69) is 10.6 Å². The number of amides is 1. The second-order valence-electron chi connectivity index (χ2n) is 5.14. The fourth-order valence-electron chi connectivity index (χ4n) is 2.19. The normalized spacial score (nSPS) is 14.7. The maximum atomic E-state index is 12.2. The molecule has 1 amide bonds. The van der Waals surface area contributed by atoms with E-state index in [1.54, 1.807) is 6.07 Å². The van der Waals surface area contributed by atoms with E-state index in [-0.39, 0.29) is 18.4 Å².